The molecule has 0 aromatic heterocycles. The van der Waals surface area contributed by atoms with Gasteiger partial charge in [-0.2, -0.15) is 0 Å². The lowest BCUT2D eigenvalue weighted by atomic mass is 9.98. The van der Waals surface area contributed by atoms with Gasteiger partial charge in [0.15, 0.2) is 0 Å². The third kappa shape index (κ3) is 11.0. The first-order valence-electron chi connectivity index (χ1n) is 12.4. The van der Waals surface area contributed by atoms with Crippen LogP contribution in [0.3, 0.4) is 0 Å². The van der Waals surface area contributed by atoms with E-state index in [1.54, 1.807) is 6.92 Å². The van der Waals surface area contributed by atoms with Crippen molar-refractivity contribution in [3.63, 3.8) is 0 Å². The van der Waals surface area contributed by atoms with Crippen molar-refractivity contribution in [1.29, 1.82) is 0 Å². The van der Waals surface area contributed by atoms with Crippen LogP contribution in [0, 0.1) is 11.8 Å². The molecule has 0 saturated carbocycles. The summed E-state index contributed by atoms with van der Waals surface area (Å²) >= 11 is 0. The predicted octanol–water partition coefficient (Wildman–Crippen LogP) is 0.438. The lowest BCUT2D eigenvalue weighted by Gasteiger charge is -2.26. The van der Waals surface area contributed by atoms with Crippen LogP contribution >= 0.6 is 0 Å². The Balaban J connectivity index is 2.65. The molecule has 0 bridgehead atoms. The first-order valence-corrected chi connectivity index (χ1v) is 12.4. The van der Waals surface area contributed by atoms with E-state index in [4.69, 9.17) is 5.73 Å². The predicted molar refractivity (Wildman–Crippen MR) is 138 cm³/mol. The molecule has 0 fully saturated rings. The lowest BCUT2D eigenvalue weighted by molar-refractivity contribution is -0.133. The van der Waals surface area contributed by atoms with E-state index in [9.17, 15) is 24.0 Å². The second-order valence-corrected chi connectivity index (χ2v) is 9.56. The van der Waals surface area contributed by atoms with Crippen molar-refractivity contribution in [3.8, 4) is 0 Å². The molecule has 6 N–H and O–H groups in total. The van der Waals surface area contributed by atoms with Crippen LogP contribution in [0.2, 0.25) is 0 Å². The quantitative estimate of drug-likeness (QED) is 0.218. The zero-order valence-corrected chi connectivity index (χ0v) is 21.9. The van der Waals surface area contributed by atoms with Crippen LogP contribution in [-0.4, -0.2) is 60.6 Å². The third-order valence-electron chi connectivity index (χ3n) is 5.84. The zero-order valence-electron chi connectivity index (χ0n) is 21.9. The lowest BCUT2D eigenvalue weighted by Crippen LogP contribution is -2.57. The van der Waals surface area contributed by atoms with Gasteiger partial charge in [0.25, 0.3) is 0 Å². The minimum atomic E-state index is -0.925. The van der Waals surface area contributed by atoms with Crippen LogP contribution in [0.1, 0.15) is 53.0 Å². The van der Waals surface area contributed by atoms with Gasteiger partial charge in [-0.3, -0.25) is 19.2 Å². The van der Waals surface area contributed by atoms with Crippen LogP contribution in [0.15, 0.2) is 30.3 Å². The summed E-state index contributed by atoms with van der Waals surface area (Å²) in [4.78, 5) is 61.3. The van der Waals surface area contributed by atoms with Gasteiger partial charge in [0.05, 0.1) is 18.6 Å². The summed E-state index contributed by atoms with van der Waals surface area (Å²) in [6, 6.07) is 6.00. The molecule has 0 aliphatic rings. The monoisotopic (exact) mass is 503 g/mol. The number of rotatable bonds is 15. The van der Waals surface area contributed by atoms with E-state index in [1.807, 2.05) is 51.1 Å². The van der Waals surface area contributed by atoms with Crippen molar-refractivity contribution < 1.29 is 24.0 Å². The fourth-order valence-electron chi connectivity index (χ4n) is 3.52. The number of amides is 4. The Hall–Kier alpha value is -3.27. The van der Waals surface area contributed by atoms with Gasteiger partial charge in [-0.1, -0.05) is 64.4 Å². The van der Waals surface area contributed by atoms with Crippen LogP contribution < -0.4 is 27.0 Å². The third-order valence-corrected chi connectivity index (χ3v) is 5.84. The molecular formula is C26H41N5O5. The van der Waals surface area contributed by atoms with Gasteiger partial charge in [0.1, 0.15) is 18.4 Å². The van der Waals surface area contributed by atoms with Gasteiger partial charge in [-0.05, 0) is 37.2 Å². The molecule has 5 atom stereocenters. The molecule has 0 saturated heterocycles. The Morgan fingerprint density at radius 3 is 2.11 bits per heavy atom. The molecule has 10 nitrogen and oxygen atoms in total. The van der Waals surface area contributed by atoms with Crippen LogP contribution in [0.25, 0.3) is 0 Å². The van der Waals surface area contributed by atoms with Gasteiger partial charge in [-0.25, -0.2) is 0 Å². The number of carbonyl (C=O) groups is 5. The highest BCUT2D eigenvalue weighted by Gasteiger charge is 2.29. The maximum atomic E-state index is 12.8. The van der Waals surface area contributed by atoms with Crippen molar-refractivity contribution in [2.45, 2.75) is 78.0 Å². The van der Waals surface area contributed by atoms with E-state index < -0.39 is 47.8 Å². The van der Waals surface area contributed by atoms with Crippen molar-refractivity contribution in [2.75, 3.05) is 6.54 Å². The van der Waals surface area contributed by atoms with Gasteiger partial charge in [-0.15, -0.1) is 0 Å². The van der Waals surface area contributed by atoms with E-state index in [-0.39, 0.29) is 18.4 Å². The maximum absolute atomic E-state index is 12.8. The molecule has 1 rings (SSSR count). The molecule has 1 aromatic carbocycles. The number of benzene rings is 1. The molecular weight excluding hydrogens is 462 g/mol. The van der Waals surface area contributed by atoms with Crippen molar-refractivity contribution >= 4 is 29.9 Å². The molecule has 0 heterocycles. The minimum Gasteiger partial charge on any atom is -0.345 e. The Morgan fingerprint density at radius 1 is 0.917 bits per heavy atom. The van der Waals surface area contributed by atoms with Gasteiger partial charge < -0.3 is 31.8 Å². The largest absolute Gasteiger partial charge is 0.345 e. The van der Waals surface area contributed by atoms with Crippen LogP contribution in [-0.2, 0) is 30.4 Å². The smallest absolute Gasteiger partial charge is 0.243 e. The van der Waals surface area contributed by atoms with Crippen LogP contribution in [0.4, 0.5) is 0 Å². The Bertz CT molecular complexity index is 877. The SMILES string of the molecule is CC[C@H](C)[C@H](NC(=O)[C@H](C)NC(=O)[C@@H](N)Cc1ccccc1)C(=O)NCC(=O)N[C@H](C=O)CC(C)C. The maximum Gasteiger partial charge on any atom is 0.243 e. The van der Waals surface area contributed by atoms with E-state index in [1.165, 1.54) is 6.92 Å². The number of nitrogens with two attached hydrogens (primary N) is 1. The number of nitrogens with one attached hydrogen (secondary N) is 4. The van der Waals surface area contributed by atoms with E-state index >= 15 is 0 Å². The molecule has 10 heteroatoms. The average molecular weight is 504 g/mol. The average Bonchev–Trinajstić information content (AvgIpc) is 2.84. The second kappa shape index (κ2) is 15.7. The topological polar surface area (TPSA) is 159 Å². The summed E-state index contributed by atoms with van der Waals surface area (Å²) in [5, 5.41) is 10.4. The molecule has 4 amide bonds. The first kappa shape index (κ1) is 30.8. The van der Waals surface area contributed by atoms with E-state index in [0.29, 0.717) is 25.5 Å². The molecule has 1 aromatic rings. The summed E-state index contributed by atoms with van der Waals surface area (Å²) in [7, 11) is 0. The number of hydrogen-bond acceptors (Lipinski definition) is 6. The molecule has 0 aliphatic carbocycles. The minimum absolute atomic E-state index is 0.218. The summed E-state index contributed by atoms with van der Waals surface area (Å²) < 4.78 is 0. The Kier molecular flexibility index (Phi) is 13.4. The summed E-state index contributed by atoms with van der Waals surface area (Å²) in [5.41, 5.74) is 6.89. The highest BCUT2D eigenvalue weighted by atomic mass is 16.2. The van der Waals surface area contributed by atoms with Gasteiger partial charge in [0, 0.05) is 0 Å². The standard InChI is InChI=1S/C26H41N5O5/c1-6-17(4)23(26(36)28-14-22(33)30-20(15-32)12-16(2)3)31-24(34)18(5)29-25(35)21(27)13-19-10-8-7-9-11-19/h7-11,15-18,20-21,23H,6,12-14,27H2,1-5H3,(H,28,36)(H,29,35)(H,30,33)(H,31,34)/t17-,18-,20-,21-,23-/m0/s1. The highest BCUT2D eigenvalue weighted by Crippen LogP contribution is 2.09. The van der Waals surface area contributed by atoms with E-state index in [2.05, 4.69) is 21.3 Å². The van der Waals surface area contributed by atoms with E-state index in [0.717, 1.165) is 5.56 Å². The summed E-state index contributed by atoms with van der Waals surface area (Å²) in [5.74, 6) is -2.06. The highest BCUT2D eigenvalue weighted by molar-refractivity contribution is 5.94. The molecule has 0 radical (unpaired) electrons. The molecule has 36 heavy (non-hydrogen) atoms. The zero-order chi connectivity index (χ0) is 27.3. The van der Waals surface area contributed by atoms with Crippen molar-refractivity contribution in [1.82, 2.24) is 21.3 Å². The molecule has 0 aliphatic heterocycles. The second-order valence-electron chi connectivity index (χ2n) is 9.56. The van der Waals surface area contributed by atoms with Crippen molar-refractivity contribution in [2.24, 2.45) is 17.6 Å². The Labute approximate surface area is 213 Å². The van der Waals surface area contributed by atoms with Gasteiger partial charge >= 0.3 is 0 Å². The number of aldehydes is 1. The number of carbonyl (C=O) groups excluding carboxylic acids is 5. The normalized spacial score (nSPS) is 15.1. The van der Waals surface area contributed by atoms with Crippen LogP contribution in [0.5, 0.6) is 0 Å². The fourth-order valence-corrected chi connectivity index (χ4v) is 3.52. The molecule has 0 spiro atoms. The first-order chi connectivity index (χ1) is 17.0. The fraction of sp³-hybridized carbons (Fsp3) is 0.577. The number of hydrogen-bond donors (Lipinski definition) is 5. The molecule has 0 unspecified atom stereocenters. The Morgan fingerprint density at radius 2 is 1.56 bits per heavy atom. The molecule has 200 valence electrons. The van der Waals surface area contributed by atoms with Gasteiger partial charge in [0.2, 0.25) is 23.6 Å². The summed E-state index contributed by atoms with van der Waals surface area (Å²) in [6.07, 6.45) is 2.08. The van der Waals surface area contributed by atoms with Crippen molar-refractivity contribution in [3.05, 3.63) is 35.9 Å². The summed E-state index contributed by atoms with van der Waals surface area (Å²) in [6.45, 7) is 8.72.